The molecule has 0 aliphatic carbocycles. The summed E-state index contributed by atoms with van der Waals surface area (Å²) in [5.41, 5.74) is 6.90. The minimum Gasteiger partial charge on any atom is -0.489 e. The first kappa shape index (κ1) is 13.3. The van der Waals surface area contributed by atoms with Crippen molar-refractivity contribution in [3.05, 3.63) is 24.0 Å². The van der Waals surface area contributed by atoms with E-state index in [1.165, 1.54) is 0 Å². The smallest absolute Gasteiger partial charge is 0.378 e. The highest BCUT2D eigenvalue weighted by Crippen LogP contribution is 2.35. The lowest BCUT2D eigenvalue weighted by Gasteiger charge is -2.05. The molecule has 5 heteroatoms. The lowest BCUT2D eigenvalue weighted by molar-refractivity contribution is 0.0486. The Morgan fingerprint density at radius 2 is 2.16 bits per heavy atom. The largest absolute Gasteiger partial charge is 0.489 e. The van der Waals surface area contributed by atoms with E-state index in [4.69, 9.17) is 19.6 Å². The van der Waals surface area contributed by atoms with Crippen LogP contribution in [0.1, 0.15) is 30.8 Å². The van der Waals surface area contributed by atoms with Gasteiger partial charge in [-0.1, -0.05) is 6.92 Å². The molecule has 0 saturated heterocycles. The minimum absolute atomic E-state index is 0.0934. The van der Waals surface area contributed by atoms with E-state index in [0.29, 0.717) is 29.0 Å². The second kappa shape index (κ2) is 5.65. The van der Waals surface area contributed by atoms with Crippen LogP contribution in [0.5, 0.6) is 5.75 Å². The molecule has 5 nitrogen and oxygen atoms in total. The van der Waals surface area contributed by atoms with E-state index in [9.17, 15) is 4.79 Å². The molecular weight excluding hydrogens is 246 g/mol. The standard InChI is InChI=1S/C14H17NO4/c1-3-7-18-12-10-8-9(15)5-6-11(10)19-13(12)14(16)17-4-2/h5-6,8H,3-4,7,15H2,1-2H3. The summed E-state index contributed by atoms with van der Waals surface area (Å²) in [5, 5.41) is 0.691. The van der Waals surface area contributed by atoms with Gasteiger partial charge < -0.3 is 19.6 Å². The normalized spacial score (nSPS) is 10.6. The molecular formula is C14H17NO4. The molecule has 1 aromatic heterocycles. The summed E-state index contributed by atoms with van der Waals surface area (Å²) in [4.78, 5) is 11.9. The maximum Gasteiger partial charge on any atom is 0.378 e. The van der Waals surface area contributed by atoms with Crippen LogP contribution in [0.2, 0.25) is 0 Å². The molecule has 102 valence electrons. The lowest BCUT2D eigenvalue weighted by Crippen LogP contribution is -2.06. The number of rotatable bonds is 5. The molecule has 0 fully saturated rings. The van der Waals surface area contributed by atoms with Crippen LogP contribution < -0.4 is 10.5 Å². The highest BCUT2D eigenvalue weighted by atomic mass is 16.6. The first-order chi connectivity index (χ1) is 9.17. The van der Waals surface area contributed by atoms with Gasteiger partial charge >= 0.3 is 5.97 Å². The second-order valence-corrected chi connectivity index (χ2v) is 4.08. The van der Waals surface area contributed by atoms with Crippen LogP contribution in [0, 0.1) is 0 Å². The number of hydrogen-bond donors (Lipinski definition) is 1. The van der Waals surface area contributed by atoms with Crippen LogP contribution >= 0.6 is 0 Å². The fourth-order valence-corrected chi connectivity index (χ4v) is 1.77. The highest BCUT2D eigenvalue weighted by Gasteiger charge is 2.23. The Bertz CT molecular complexity index is 588. The van der Waals surface area contributed by atoms with Crippen molar-refractivity contribution >= 4 is 22.6 Å². The number of furan rings is 1. The van der Waals surface area contributed by atoms with Gasteiger partial charge in [-0.3, -0.25) is 0 Å². The molecule has 0 unspecified atom stereocenters. The van der Waals surface area contributed by atoms with Crippen LogP contribution in [0.25, 0.3) is 11.0 Å². The van der Waals surface area contributed by atoms with Gasteiger partial charge in [-0.2, -0.15) is 0 Å². The average Bonchev–Trinajstić information content (AvgIpc) is 2.74. The van der Waals surface area contributed by atoms with Gasteiger partial charge in [-0.25, -0.2) is 4.79 Å². The summed E-state index contributed by atoms with van der Waals surface area (Å²) in [6.45, 7) is 4.51. The van der Waals surface area contributed by atoms with Crippen molar-refractivity contribution in [2.45, 2.75) is 20.3 Å². The van der Waals surface area contributed by atoms with Gasteiger partial charge in [0.25, 0.3) is 5.76 Å². The lowest BCUT2D eigenvalue weighted by atomic mass is 10.2. The Morgan fingerprint density at radius 1 is 1.37 bits per heavy atom. The number of anilines is 1. The Hall–Kier alpha value is -2.17. The number of nitrogens with two attached hydrogens (primary N) is 1. The molecule has 0 radical (unpaired) electrons. The van der Waals surface area contributed by atoms with Crippen LogP contribution in [0.4, 0.5) is 5.69 Å². The molecule has 0 amide bonds. The summed E-state index contributed by atoms with van der Waals surface area (Å²) in [7, 11) is 0. The van der Waals surface area contributed by atoms with Gasteiger partial charge in [0.1, 0.15) is 5.58 Å². The van der Waals surface area contributed by atoms with Crippen LogP contribution in [-0.4, -0.2) is 19.2 Å². The van der Waals surface area contributed by atoms with Gasteiger partial charge in [0.15, 0.2) is 5.75 Å². The Morgan fingerprint density at radius 3 is 2.84 bits per heavy atom. The minimum atomic E-state index is -0.525. The van der Waals surface area contributed by atoms with E-state index >= 15 is 0 Å². The fourth-order valence-electron chi connectivity index (χ4n) is 1.77. The molecule has 2 aromatic rings. The van der Waals surface area contributed by atoms with E-state index in [0.717, 1.165) is 6.42 Å². The number of nitrogen functional groups attached to an aromatic ring is 1. The summed E-state index contributed by atoms with van der Waals surface area (Å²) in [6, 6.07) is 5.16. The third kappa shape index (κ3) is 2.65. The van der Waals surface area contributed by atoms with Crippen molar-refractivity contribution in [2.24, 2.45) is 0 Å². The predicted molar refractivity (Wildman–Crippen MR) is 72.4 cm³/mol. The number of fused-ring (bicyclic) bond motifs is 1. The molecule has 0 aliphatic heterocycles. The van der Waals surface area contributed by atoms with Crippen molar-refractivity contribution in [2.75, 3.05) is 18.9 Å². The molecule has 0 bridgehead atoms. The van der Waals surface area contributed by atoms with Gasteiger partial charge in [-0.05, 0) is 31.5 Å². The molecule has 0 atom stereocenters. The maximum absolute atomic E-state index is 11.9. The van der Waals surface area contributed by atoms with Crippen LogP contribution in [-0.2, 0) is 4.74 Å². The van der Waals surface area contributed by atoms with Gasteiger partial charge in [0.05, 0.1) is 18.6 Å². The van der Waals surface area contributed by atoms with Crippen molar-refractivity contribution in [1.82, 2.24) is 0 Å². The van der Waals surface area contributed by atoms with E-state index in [-0.39, 0.29) is 12.4 Å². The second-order valence-electron chi connectivity index (χ2n) is 4.08. The Balaban J connectivity index is 2.51. The van der Waals surface area contributed by atoms with Gasteiger partial charge in [0.2, 0.25) is 0 Å². The monoisotopic (exact) mass is 263 g/mol. The summed E-state index contributed by atoms with van der Waals surface area (Å²) in [6.07, 6.45) is 0.831. The first-order valence-corrected chi connectivity index (χ1v) is 6.29. The number of benzene rings is 1. The average molecular weight is 263 g/mol. The number of hydrogen-bond acceptors (Lipinski definition) is 5. The van der Waals surface area contributed by atoms with Crippen molar-refractivity contribution < 1.29 is 18.7 Å². The number of esters is 1. The van der Waals surface area contributed by atoms with E-state index in [2.05, 4.69) is 0 Å². The number of carbonyl (C=O) groups excluding carboxylic acids is 1. The summed E-state index contributed by atoms with van der Waals surface area (Å²) in [5.74, 6) is -0.0260. The van der Waals surface area contributed by atoms with E-state index in [1.807, 2.05) is 6.92 Å². The SMILES string of the molecule is CCCOc1c(C(=O)OCC)oc2ccc(N)cc12. The van der Waals surface area contributed by atoms with Crippen molar-refractivity contribution in [1.29, 1.82) is 0 Å². The zero-order valence-corrected chi connectivity index (χ0v) is 11.1. The quantitative estimate of drug-likeness (QED) is 0.663. The van der Waals surface area contributed by atoms with Gasteiger partial charge in [0, 0.05) is 5.69 Å². The molecule has 2 rings (SSSR count). The summed E-state index contributed by atoms with van der Waals surface area (Å²) < 4.78 is 16.1. The zero-order valence-electron chi connectivity index (χ0n) is 11.1. The Labute approximate surface area is 111 Å². The third-order valence-corrected chi connectivity index (χ3v) is 2.58. The molecule has 0 spiro atoms. The van der Waals surface area contributed by atoms with Gasteiger partial charge in [-0.15, -0.1) is 0 Å². The third-order valence-electron chi connectivity index (χ3n) is 2.58. The van der Waals surface area contributed by atoms with E-state index < -0.39 is 5.97 Å². The molecule has 1 aromatic carbocycles. The van der Waals surface area contributed by atoms with Crippen molar-refractivity contribution in [3.8, 4) is 5.75 Å². The topological polar surface area (TPSA) is 74.7 Å². The zero-order chi connectivity index (χ0) is 13.8. The molecule has 0 saturated carbocycles. The van der Waals surface area contributed by atoms with E-state index in [1.54, 1.807) is 25.1 Å². The Kier molecular flexibility index (Phi) is 3.94. The first-order valence-electron chi connectivity index (χ1n) is 6.29. The maximum atomic E-state index is 11.9. The van der Waals surface area contributed by atoms with Crippen LogP contribution in [0.3, 0.4) is 0 Å². The predicted octanol–water partition coefficient (Wildman–Crippen LogP) is 2.98. The summed E-state index contributed by atoms with van der Waals surface area (Å²) >= 11 is 0. The highest BCUT2D eigenvalue weighted by molar-refractivity contribution is 5.99. The molecule has 2 N–H and O–H groups in total. The van der Waals surface area contributed by atoms with Crippen molar-refractivity contribution in [3.63, 3.8) is 0 Å². The molecule has 19 heavy (non-hydrogen) atoms. The number of carbonyl (C=O) groups is 1. The number of ether oxygens (including phenoxy) is 2. The van der Waals surface area contributed by atoms with Crippen LogP contribution in [0.15, 0.2) is 22.6 Å². The molecule has 1 heterocycles. The fraction of sp³-hybridized carbons (Fsp3) is 0.357. The molecule has 0 aliphatic rings.